The maximum Gasteiger partial charge on any atom is 0.416 e. The van der Waals surface area contributed by atoms with Gasteiger partial charge in [-0.2, -0.15) is 13.2 Å². The number of anilines is 2. The first-order chi connectivity index (χ1) is 8.86. The van der Waals surface area contributed by atoms with Gasteiger partial charge in [-0.3, -0.25) is 0 Å². The van der Waals surface area contributed by atoms with E-state index in [4.69, 9.17) is 5.73 Å². The molecule has 0 bridgehead atoms. The van der Waals surface area contributed by atoms with Crippen LogP contribution in [0.3, 0.4) is 0 Å². The second-order valence-corrected chi connectivity index (χ2v) is 3.88. The molecule has 0 aromatic carbocycles. The van der Waals surface area contributed by atoms with Crippen molar-refractivity contribution in [2.45, 2.75) is 12.7 Å². The van der Waals surface area contributed by atoms with Gasteiger partial charge in [0.05, 0.1) is 12.1 Å². The van der Waals surface area contributed by atoms with Gasteiger partial charge < -0.3 is 15.6 Å². The molecular formula is C10H11F3N6. The van der Waals surface area contributed by atoms with Gasteiger partial charge >= 0.3 is 6.18 Å². The van der Waals surface area contributed by atoms with Gasteiger partial charge in [-0.15, -0.1) is 10.2 Å². The molecule has 0 radical (unpaired) electrons. The summed E-state index contributed by atoms with van der Waals surface area (Å²) in [5, 5.41) is 10.2. The van der Waals surface area contributed by atoms with Gasteiger partial charge in [0.25, 0.3) is 0 Å². The number of aromatic nitrogens is 4. The van der Waals surface area contributed by atoms with Crippen molar-refractivity contribution in [2.75, 3.05) is 11.1 Å². The average molecular weight is 272 g/mol. The van der Waals surface area contributed by atoms with E-state index < -0.39 is 11.7 Å². The Morgan fingerprint density at radius 3 is 2.68 bits per heavy atom. The molecule has 0 amide bonds. The number of halogens is 3. The van der Waals surface area contributed by atoms with Gasteiger partial charge in [-0.1, -0.05) is 0 Å². The number of nitrogens with one attached hydrogen (secondary N) is 1. The molecule has 0 spiro atoms. The van der Waals surface area contributed by atoms with Crippen LogP contribution in [0.1, 0.15) is 11.4 Å². The minimum absolute atomic E-state index is 0.0373. The first kappa shape index (κ1) is 13.1. The molecule has 0 aliphatic carbocycles. The number of hydrogen-bond acceptors (Lipinski definition) is 5. The number of nitrogens with zero attached hydrogens (tertiary/aromatic N) is 4. The Kier molecular flexibility index (Phi) is 3.28. The highest BCUT2D eigenvalue weighted by atomic mass is 19.4. The molecule has 0 aliphatic rings. The maximum atomic E-state index is 12.6. The SMILES string of the molecule is Cn1cnnc1CNc1cc(C(F)(F)F)cc(N)n1. The molecule has 102 valence electrons. The van der Waals surface area contributed by atoms with E-state index in [9.17, 15) is 13.2 Å². The lowest BCUT2D eigenvalue weighted by Gasteiger charge is -2.10. The summed E-state index contributed by atoms with van der Waals surface area (Å²) < 4.78 is 39.4. The fraction of sp³-hybridized carbons (Fsp3) is 0.300. The molecule has 2 aromatic rings. The molecule has 0 fully saturated rings. The number of pyridine rings is 1. The van der Waals surface area contributed by atoms with Crippen LogP contribution < -0.4 is 11.1 Å². The lowest BCUT2D eigenvalue weighted by molar-refractivity contribution is -0.137. The van der Waals surface area contributed by atoms with E-state index >= 15 is 0 Å². The van der Waals surface area contributed by atoms with Crippen LogP contribution in [-0.2, 0) is 19.8 Å². The van der Waals surface area contributed by atoms with E-state index in [1.54, 1.807) is 11.6 Å². The molecule has 0 saturated carbocycles. The fourth-order valence-corrected chi connectivity index (χ4v) is 1.44. The first-order valence-corrected chi connectivity index (χ1v) is 5.28. The molecular weight excluding hydrogens is 261 g/mol. The number of hydrogen-bond donors (Lipinski definition) is 2. The zero-order valence-electron chi connectivity index (χ0n) is 9.94. The smallest absolute Gasteiger partial charge is 0.384 e. The zero-order valence-corrected chi connectivity index (χ0v) is 9.94. The van der Waals surface area contributed by atoms with E-state index in [-0.39, 0.29) is 18.2 Å². The van der Waals surface area contributed by atoms with Crippen molar-refractivity contribution in [2.24, 2.45) is 7.05 Å². The Labute approximate surface area is 106 Å². The van der Waals surface area contributed by atoms with E-state index in [1.165, 1.54) is 6.33 Å². The Morgan fingerprint density at radius 2 is 2.11 bits per heavy atom. The minimum atomic E-state index is -4.46. The van der Waals surface area contributed by atoms with Crippen molar-refractivity contribution in [3.63, 3.8) is 0 Å². The van der Waals surface area contributed by atoms with Gasteiger partial charge in [-0.05, 0) is 12.1 Å². The van der Waals surface area contributed by atoms with Crippen LogP contribution in [-0.4, -0.2) is 19.7 Å². The van der Waals surface area contributed by atoms with Crippen molar-refractivity contribution in [1.29, 1.82) is 0 Å². The molecule has 9 heteroatoms. The van der Waals surface area contributed by atoms with Crippen LogP contribution in [0.5, 0.6) is 0 Å². The average Bonchev–Trinajstić information content (AvgIpc) is 2.70. The summed E-state index contributed by atoms with van der Waals surface area (Å²) in [7, 11) is 1.73. The predicted octanol–water partition coefficient (Wildman–Crippen LogP) is 1.42. The highest BCUT2D eigenvalue weighted by Gasteiger charge is 2.31. The summed E-state index contributed by atoms with van der Waals surface area (Å²) in [4.78, 5) is 3.79. The van der Waals surface area contributed by atoms with Gasteiger partial charge in [-0.25, -0.2) is 4.98 Å². The first-order valence-electron chi connectivity index (χ1n) is 5.28. The number of nitrogens with two attached hydrogens (primary N) is 1. The molecule has 2 heterocycles. The van der Waals surface area contributed by atoms with E-state index in [1.807, 2.05) is 0 Å². The van der Waals surface area contributed by atoms with Crippen LogP contribution >= 0.6 is 0 Å². The summed E-state index contributed by atoms with van der Waals surface area (Å²) in [5.41, 5.74) is 4.50. The highest BCUT2D eigenvalue weighted by molar-refractivity contribution is 5.47. The standard InChI is InChI=1S/C10H11F3N6/c1-19-5-16-18-9(19)4-15-8-3-6(10(11,12)13)2-7(14)17-8/h2-3,5H,4H2,1H3,(H3,14,15,17). The van der Waals surface area contributed by atoms with Crippen LogP contribution in [0.2, 0.25) is 0 Å². The van der Waals surface area contributed by atoms with E-state index in [0.29, 0.717) is 5.82 Å². The molecule has 2 rings (SSSR count). The van der Waals surface area contributed by atoms with Crippen LogP contribution in [0.15, 0.2) is 18.5 Å². The number of aryl methyl sites for hydroxylation is 1. The monoisotopic (exact) mass is 272 g/mol. The molecule has 3 N–H and O–H groups in total. The van der Waals surface area contributed by atoms with Gasteiger partial charge in [0, 0.05) is 7.05 Å². The van der Waals surface area contributed by atoms with E-state index in [0.717, 1.165) is 12.1 Å². The normalized spacial score (nSPS) is 11.6. The maximum absolute atomic E-state index is 12.6. The van der Waals surface area contributed by atoms with Crippen LogP contribution in [0, 0.1) is 0 Å². The van der Waals surface area contributed by atoms with Crippen molar-refractivity contribution < 1.29 is 13.2 Å². The second-order valence-electron chi connectivity index (χ2n) is 3.88. The Hall–Kier alpha value is -2.32. The number of nitrogen functional groups attached to an aromatic ring is 1. The molecule has 0 saturated heterocycles. The summed E-state index contributed by atoms with van der Waals surface area (Å²) in [6.45, 7) is 0.199. The molecule has 0 atom stereocenters. The third-order valence-electron chi connectivity index (χ3n) is 2.41. The van der Waals surface area contributed by atoms with Gasteiger partial charge in [0.1, 0.15) is 18.0 Å². The van der Waals surface area contributed by atoms with Crippen molar-refractivity contribution >= 4 is 11.6 Å². The second kappa shape index (κ2) is 4.75. The van der Waals surface area contributed by atoms with Crippen LogP contribution in [0.25, 0.3) is 0 Å². The highest BCUT2D eigenvalue weighted by Crippen LogP contribution is 2.31. The summed E-state index contributed by atoms with van der Waals surface area (Å²) in [6.07, 6.45) is -2.97. The third kappa shape index (κ3) is 3.12. The Bertz CT molecular complexity index is 577. The summed E-state index contributed by atoms with van der Waals surface area (Å²) in [6, 6.07) is 1.68. The van der Waals surface area contributed by atoms with Crippen molar-refractivity contribution in [3.05, 3.63) is 29.8 Å². The molecule has 6 nitrogen and oxygen atoms in total. The van der Waals surface area contributed by atoms with Crippen LogP contribution in [0.4, 0.5) is 24.8 Å². The fourth-order valence-electron chi connectivity index (χ4n) is 1.44. The number of alkyl halides is 3. The molecule has 0 unspecified atom stereocenters. The minimum Gasteiger partial charge on any atom is -0.384 e. The van der Waals surface area contributed by atoms with Crippen molar-refractivity contribution in [3.8, 4) is 0 Å². The third-order valence-corrected chi connectivity index (χ3v) is 2.41. The predicted molar refractivity (Wildman–Crippen MR) is 62.0 cm³/mol. The molecule has 0 aliphatic heterocycles. The number of rotatable bonds is 3. The molecule has 19 heavy (non-hydrogen) atoms. The lowest BCUT2D eigenvalue weighted by Crippen LogP contribution is -2.11. The van der Waals surface area contributed by atoms with Gasteiger partial charge in [0.15, 0.2) is 5.82 Å². The summed E-state index contributed by atoms with van der Waals surface area (Å²) >= 11 is 0. The lowest BCUT2D eigenvalue weighted by atomic mass is 10.2. The largest absolute Gasteiger partial charge is 0.416 e. The van der Waals surface area contributed by atoms with Crippen molar-refractivity contribution in [1.82, 2.24) is 19.7 Å². The quantitative estimate of drug-likeness (QED) is 0.883. The Balaban J connectivity index is 2.17. The van der Waals surface area contributed by atoms with E-state index in [2.05, 4.69) is 20.5 Å². The zero-order chi connectivity index (χ0) is 14.0. The van der Waals surface area contributed by atoms with Gasteiger partial charge in [0.2, 0.25) is 0 Å². The summed E-state index contributed by atoms with van der Waals surface area (Å²) in [5.74, 6) is 0.406. The topological polar surface area (TPSA) is 81.7 Å². The Morgan fingerprint density at radius 1 is 1.37 bits per heavy atom. The molecule has 2 aromatic heterocycles.